The standard InChI is InChI=1S/C69H43N/c1-3-21-49(22-4-1)69(50-23-5-2-6-24-50)62-33-10-9-26-55(62)56-41-40-52(43-63(56)69)70(51-38-36-45(37-39-51)54-27-11-17-44-16-7-8-25-53(44)54)64-42-48-20-14-30-58-57-28-12-18-46-34-35-47-19-13-29-59(66(47)65(46)57)60-31-15-32-61(64)68(60)67(48)58/h1-43H. The molecule has 0 heterocycles. The molecule has 0 aliphatic heterocycles. The van der Waals surface area contributed by atoms with Gasteiger partial charge in [-0.2, -0.15) is 0 Å². The van der Waals surface area contributed by atoms with Crippen molar-refractivity contribution in [3.8, 4) is 22.3 Å². The molecule has 0 saturated heterocycles. The van der Waals surface area contributed by atoms with Crippen LogP contribution in [0.5, 0.6) is 0 Å². The summed E-state index contributed by atoms with van der Waals surface area (Å²) in [5.41, 5.74) is 12.8. The Balaban J connectivity index is 1.06. The number of nitrogens with zero attached hydrogens (tertiary/aromatic N) is 1. The van der Waals surface area contributed by atoms with Gasteiger partial charge in [0.05, 0.1) is 11.1 Å². The molecular weight excluding hydrogens is 843 g/mol. The first kappa shape index (κ1) is 39.0. The van der Waals surface area contributed by atoms with E-state index in [-0.39, 0.29) is 0 Å². The first-order chi connectivity index (χ1) is 34.7. The molecule has 1 heteroatoms. The summed E-state index contributed by atoms with van der Waals surface area (Å²) in [6.07, 6.45) is 0. The van der Waals surface area contributed by atoms with E-state index in [4.69, 9.17) is 0 Å². The molecule has 0 saturated carbocycles. The summed E-state index contributed by atoms with van der Waals surface area (Å²) in [4.78, 5) is 2.54. The number of benzene rings is 13. The zero-order valence-corrected chi connectivity index (χ0v) is 38.3. The lowest BCUT2D eigenvalue weighted by Crippen LogP contribution is -2.28. The van der Waals surface area contributed by atoms with Gasteiger partial charge in [-0.05, 0) is 139 Å². The van der Waals surface area contributed by atoms with Crippen LogP contribution in [0.25, 0.3) is 97.7 Å². The Hall–Kier alpha value is -9.04. The normalized spacial score (nSPS) is 13.0. The topological polar surface area (TPSA) is 3.24 Å². The first-order valence-electron chi connectivity index (χ1n) is 24.4. The zero-order valence-electron chi connectivity index (χ0n) is 38.3. The fourth-order valence-electron chi connectivity index (χ4n) is 12.7. The first-order valence-corrected chi connectivity index (χ1v) is 24.4. The molecule has 1 aliphatic carbocycles. The van der Waals surface area contributed by atoms with Crippen molar-refractivity contribution in [2.24, 2.45) is 0 Å². The Morgan fingerprint density at radius 1 is 0.257 bits per heavy atom. The minimum atomic E-state index is -0.550. The molecule has 0 fully saturated rings. The van der Waals surface area contributed by atoms with Gasteiger partial charge in [0.1, 0.15) is 0 Å². The number of rotatable bonds is 6. The fraction of sp³-hybridized carbons (Fsp3) is 0.0145. The van der Waals surface area contributed by atoms with E-state index >= 15 is 0 Å². The summed E-state index contributed by atoms with van der Waals surface area (Å²) < 4.78 is 0. The summed E-state index contributed by atoms with van der Waals surface area (Å²) in [5.74, 6) is 0. The molecule has 0 bridgehead atoms. The third-order valence-corrected chi connectivity index (χ3v) is 15.6. The Labute approximate surface area is 406 Å². The largest absolute Gasteiger partial charge is 0.310 e. The van der Waals surface area contributed by atoms with E-state index in [9.17, 15) is 0 Å². The zero-order chi connectivity index (χ0) is 45.9. The van der Waals surface area contributed by atoms with Crippen LogP contribution in [0.1, 0.15) is 22.3 Å². The van der Waals surface area contributed by atoms with Gasteiger partial charge in [0.25, 0.3) is 0 Å². The molecule has 1 aliphatic rings. The molecule has 0 aromatic heterocycles. The highest BCUT2D eigenvalue weighted by Gasteiger charge is 2.46. The molecule has 324 valence electrons. The Morgan fingerprint density at radius 3 is 1.43 bits per heavy atom. The van der Waals surface area contributed by atoms with Gasteiger partial charge in [-0.3, -0.25) is 0 Å². The van der Waals surface area contributed by atoms with Crippen LogP contribution in [0, 0.1) is 0 Å². The highest BCUT2D eigenvalue weighted by atomic mass is 15.1. The molecule has 0 unspecified atom stereocenters. The maximum absolute atomic E-state index is 2.54. The van der Waals surface area contributed by atoms with Crippen molar-refractivity contribution >= 4 is 92.5 Å². The van der Waals surface area contributed by atoms with Gasteiger partial charge in [0.2, 0.25) is 0 Å². The van der Waals surface area contributed by atoms with E-state index in [1.165, 1.54) is 120 Å². The third kappa shape index (κ3) is 5.43. The van der Waals surface area contributed by atoms with Gasteiger partial charge in [0.15, 0.2) is 0 Å². The van der Waals surface area contributed by atoms with Crippen molar-refractivity contribution in [2.45, 2.75) is 5.41 Å². The van der Waals surface area contributed by atoms with Crippen LogP contribution < -0.4 is 4.90 Å². The average molecular weight is 886 g/mol. The quantitative estimate of drug-likeness (QED) is 0.150. The van der Waals surface area contributed by atoms with Gasteiger partial charge in [-0.25, -0.2) is 0 Å². The van der Waals surface area contributed by atoms with E-state index in [1.807, 2.05) is 0 Å². The van der Waals surface area contributed by atoms with Gasteiger partial charge in [-0.1, -0.05) is 231 Å². The molecule has 0 N–H and O–H groups in total. The molecule has 15 rings (SSSR count). The molecule has 0 radical (unpaired) electrons. The van der Waals surface area contributed by atoms with Crippen LogP contribution in [0.2, 0.25) is 0 Å². The second-order valence-corrected chi connectivity index (χ2v) is 19.1. The van der Waals surface area contributed by atoms with Crippen molar-refractivity contribution in [3.63, 3.8) is 0 Å². The smallest absolute Gasteiger partial charge is 0.0714 e. The van der Waals surface area contributed by atoms with Crippen LogP contribution >= 0.6 is 0 Å². The summed E-state index contributed by atoms with van der Waals surface area (Å²) >= 11 is 0. The number of anilines is 3. The highest BCUT2D eigenvalue weighted by Crippen LogP contribution is 2.58. The summed E-state index contributed by atoms with van der Waals surface area (Å²) in [5, 5.41) is 17.7. The molecule has 70 heavy (non-hydrogen) atoms. The average Bonchev–Trinajstić information content (AvgIpc) is 3.73. The molecular formula is C69H43N. The molecule has 0 amide bonds. The molecule has 1 nitrogen and oxygen atoms in total. The second kappa shape index (κ2) is 15.0. The minimum absolute atomic E-state index is 0.550. The van der Waals surface area contributed by atoms with Crippen LogP contribution in [0.15, 0.2) is 261 Å². The number of hydrogen-bond acceptors (Lipinski definition) is 1. The van der Waals surface area contributed by atoms with Gasteiger partial charge in [0, 0.05) is 22.1 Å². The summed E-state index contributed by atoms with van der Waals surface area (Å²) in [7, 11) is 0. The van der Waals surface area contributed by atoms with E-state index in [2.05, 4.69) is 266 Å². The van der Waals surface area contributed by atoms with Crippen LogP contribution in [0.3, 0.4) is 0 Å². The van der Waals surface area contributed by atoms with Gasteiger partial charge in [-0.15, -0.1) is 0 Å². The molecule has 14 aromatic rings. The fourth-order valence-corrected chi connectivity index (χ4v) is 12.7. The second-order valence-electron chi connectivity index (χ2n) is 19.1. The SMILES string of the molecule is c1ccc(C2(c3ccccc3)c3ccccc3-c3ccc(N(c4ccc(-c5cccc6ccccc56)cc4)c4cc5cccc6c7cccc8ccc9cccc(c%10cccc4c%10c56)c9c87)cc32)cc1. The van der Waals surface area contributed by atoms with Crippen LogP contribution in [-0.2, 0) is 5.41 Å². The number of hydrogen-bond donors (Lipinski definition) is 0. The van der Waals surface area contributed by atoms with Crippen LogP contribution in [0.4, 0.5) is 17.1 Å². The molecule has 0 spiro atoms. The maximum atomic E-state index is 2.54. The lowest BCUT2D eigenvalue weighted by atomic mass is 9.67. The van der Waals surface area contributed by atoms with E-state index < -0.39 is 5.41 Å². The lowest BCUT2D eigenvalue weighted by Gasteiger charge is -2.35. The van der Waals surface area contributed by atoms with Gasteiger partial charge < -0.3 is 4.90 Å². The van der Waals surface area contributed by atoms with Crippen molar-refractivity contribution in [1.29, 1.82) is 0 Å². The van der Waals surface area contributed by atoms with Gasteiger partial charge >= 0.3 is 0 Å². The molecule has 14 aromatic carbocycles. The Bertz CT molecular complexity index is 4350. The van der Waals surface area contributed by atoms with Crippen molar-refractivity contribution in [1.82, 2.24) is 0 Å². The predicted molar refractivity (Wildman–Crippen MR) is 298 cm³/mol. The highest BCUT2D eigenvalue weighted by molar-refractivity contribution is 6.38. The van der Waals surface area contributed by atoms with Crippen molar-refractivity contribution in [3.05, 3.63) is 283 Å². The molecule has 0 atom stereocenters. The van der Waals surface area contributed by atoms with Crippen LogP contribution in [-0.4, -0.2) is 0 Å². The lowest BCUT2D eigenvalue weighted by molar-refractivity contribution is 0.768. The van der Waals surface area contributed by atoms with Crippen molar-refractivity contribution in [2.75, 3.05) is 4.90 Å². The third-order valence-electron chi connectivity index (χ3n) is 15.6. The maximum Gasteiger partial charge on any atom is 0.0714 e. The summed E-state index contributed by atoms with van der Waals surface area (Å²) in [6.45, 7) is 0. The Morgan fingerprint density at radius 2 is 0.729 bits per heavy atom. The Kier molecular flexibility index (Phi) is 8.35. The number of fused-ring (bicyclic) bond motifs is 6. The summed E-state index contributed by atoms with van der Waals surface area (Å²) in [6, 6.07) is 97.8. The monoisotopic (exact) mass is 885 g/mol. The van der Waals surface area contributed by atoms with Crippen molar-refractivity contribution < 1.29 is 0 Å². The van der Waals surface area contributed by atoms with E-state index in [0.717, 1.165) is 17.1 Å². The van der Waals surface area contributed by atoms with E-state index in [1.54, 1.807) is 0 Å². The van der Waals surface area contributed by atoms with E-state index in [0.29, 0.717) is 0 Å². The predicted octanol–water partition coefficient (Wildman–Crippen LogP) is 18.7. The minimum Gasteiger partial charge on any atom is -0.310 e.